The van der Waals surface area contributed by atoms with Crippen molar-refractivity contribution in [1.29, 1.82) is 0 Å². The van der Waals surface area contributed by atoms with Crippen molar-refractivity contribution >= 4 is 11.8 Å². The van der Waals surface area contributed by atoms with Crippen LogP contribution in [0, 0.1) is 0 Å². The van der Waals surface area contributed by atoms with Crippen LogP contribution in [-0.2, 0) is 11.3 Å². The lowest BCUT2D eigenvalue weighted by Gasteiger charge is -2.08. The van der Waals surface area contributed by atoms with Crippen LogP contribution in [0.3, 0.4) is 0 Å². The fourth-order valence-corrected chi connectivity index (χ4v) is 2.15. The van der Waals surface area contributed by atoms with E-state index in [2.05, 4.69) is 10.6 Å². The molecule has 132 valence electrons. The van der Waals surface area contributed by atoms with Crippen molar-refractivity contribution in [3.8, 4) is 0 Å². The number of carbonyl (C=O) groups excluding carboxylic acids is 2. The molecule has 6 heteroatoms. The molecule has 3 N–H and O–H groups in total. The lowest BCUT2D eigenvalue weighted by Crippen LogP contribution is -2.27. The molecule has 0 radical (unpaired) electrons. The molecular formula is C19H22N2O4. The first-order chi connectivity index (χ1) is 12.2. The SMILES string of the molecule is O=C(NCCOCCO)c1ccc(CNC(=O)c2ccccc2)cc1. The van der Waals surface area contributed by atoms with Gasteiger partial charge in [0.25, 0.3) is 11.8 Å². The van der Waals surface area contributed by atoms with Crippen LogP contribution in [0.2, 0.25) is 0 Å². The summed E-state index contributed by atoms with van der Waals surface area (Å²) in [5, 5.41) is 14.2. The average molecular weight is 342 g/mol. The Morgan fingerprint density at radius 1 is 0.840 bits per heavy atom. The van der Waals surface area contributed by atoms with Gasteiger partial charge in [0.15, 0.2) is 0 Å². The van der Waals surface area contributed by atoms with Crippen molar-refractivity contribution in [1.82, 2.24) is 10.6 Å². The van der Waals surface area contributed by atoms with E-state index >= 15 is 0 Å². The third-order valence-electron chi connectivity index (χ3n) is 3.47. The summed E-state index contributed by atoms with van der Waals surface area (Å²) in [5.41, 5.74) is 2.06. The van der Waals surface area contributed by atoms with Crippen LogP contribution in [0.25, 0.3) is 0 Å². The Morgan fingerprint density at radius 3 is 2.16 bits per heavy atom. The molecule has 0 aromatic heterocycles. The number of rotatable bonds is 9. The van der Waals surface area contributed by atoms with Crippen molar-refractivity contribution in [2.24, 2.45) is 0 Å². The highest BCUT2D eigenvalue weighted by molar-refractivity contribution is 5.94. The highest BCUT2D eigenvalue weighted by atomic mass is 16.5. The minimum Gasteiger partial charge on any atom is -0.394 e. The number of hydrogen-bond acceptors (Lipinski definition) is 4. The van der Waals surface area contributed by atoms with Gasteiger partial charge >= 0.3 is 0 Å². The van der Waals surface area contributed by atoms with E-state index in [0.29, 0.717) is 30.8 Å². The normalized spacial score (nSPS) is 10.3. The molecule has 0 unspecified atom stereocenters. The van der Waals surface area contributed by atoms with Crippen LogP contribution >= 0.6 is 0 Å². The fraction of sp³-hybridized carbons (Fsp3) is 0.263. The van der Waals surface area contributed by atoms with E-state index in [-0.39, 0.29) is 25.0 Å². The number of carbonyl (C=O) groups is 2. The lowest BCUT2D eigenvalue weighted by molar-refractivity contribution is 0.0837. The number of amides is 2. The zero-order chi connectivity index (χ0) is 17.9. The zero-order valence-electron chi connectivity index (χ0n) is 13.9. The molecular weight excluding hydrogens is 320 g/mol. The minimum absolute atomic E-state index is 0.0315. The summed E-state index contributed by atoms with van der Waals surface area (Å²) < 4.78 is 5.07. The van der Waals surface area contributed by atoms with Crippen LogP contribution in [0.4, 0.5) is 0 Å². The lowest BCUT2D eigenvalue weighted by atomic mass is 10.1. The van der Waals surface area contributed by atoms with E-state index in [1.165, 1.54) is 0 Å². The van der Waals surface area contributed by atoms with E-state index in [4.69, 9.17) is 9.84 Å². The number of benzene rings is 2. The Kier molecular flexibility index (Phi) is 7.62. The molecule has 0 aliphatic carbocycles. The number of ether oxygens (including phenoxy) is 1. The maximum atomic E-state index is 12.0. The molecule has 0 saturated heterocycles. The standard InChI is InChI=1S/C19H22N2O4/c22-11-13-25-12-10-20-18(23)17-8-6-15(7-9-17)14-21-19(24)16-4-2-1-3-5-16/h1-9,22H,10-14H2,(H,20,23)(H,21,24). The molecule has 0 atom stereocenters. The van der Waals surface area contributed by atoms with Gasteiger partial charge in [-0.05, 0) is 29.8 Å². The first-order valence-corrected chi connectivity index (χ1v) is 8.09. The molecule has 2 amide bonds. The second-order valence-corrected chi connectivity index (χ2v) is 5.34. The van der Waals surface area contributed by atoms with Crippen molar-refractivity contribution in [2.75, 3.05) is 26.4 Å². The average Bonchev–Trinajstić information content (AvgIpc) is 2.67. The summed E-state index contributed by atoms with van der Waals surface area (Å²) >= 11 is 0. The third-order valence-corrected chi connectivity index (χ3v) is 3.47. The van der Waals surface area contributed by atoms with Crippen molar-refractivity contribution in [3.63, 3.8) is 0 Å². The maximum absolute atomic E-state index is 12.0. The molecule has 0 bridgehead atoms. The molecule has 0 fully saturated rings. The second kappa shape index (κ2) is 10.2. The number of aliphatic hydroxyl groups excluding tert-OH is 1. The first kappa shape index (κ1) is 18.6. The summed E-state index contributed by atoms with van der Waals surface area (Å²) in [5.74, 6) is -0.322. The monoisotopic (exact) mass is 342 g/mol. The molecule has 0 heterocycles. The number of hydrogen-bond donors (Lipinski definition) is 3. The van der Waals surface area contributed by atoms with Crippen molar-refractivity contribution in [2.45, 2.75) is 6.54 Å². The fourth-order valence-electron chi connectivity index (χ4n) is 2.15. The minimum atomic E-state index is -0.188. The van der Waals surface area contributed by atoms with E-state index in [1.54, 1.807) is 24.3 Å². The molecule has 2 aromatic rings. The van der Waals surface area contributed by atoms with Gasteiger partial charge in [-0.25, -0.2) is 0 Å². The number of aliphatic hydroxyl groups is 1. The largest absolute Gasteiger partial charge is 0.394 e. The third kappa shape index (κ3) is 6.37. The summed E-state index contributed by atoms with van der Waals surface area (Å²) in [6, 6.07) is 16.1. The molecule has 0 spiro atoms. The van der Waals surface area contributed by atoms with Gasteiger partial charge in [0, 0.05) is 24.2 Å². The second-order valence-electron chi connectivity index (χ2n) is 5.34. The highest BCUT2D eigenvalue weighted by Crippen LogP contribution is 2.05. The Balaban J connectivity index is 1.77. The van der Waals surface area contributed by atoms with Crippen LogP contribution < -0.4 is 10.6 Å². The zero-order valence-corrected chi connectivity index (χ0v) is 13.9. The van der Waals surface area contributed by atoms with Crippen molar-refractivity contribution < 1.29 is 19.4 Å². The molecule has 0 aliphatic rings. The molecule has 25 heavy (non-hydrogen) atoms. The molecule has 0 aliphatic heterocycles. The van der Waals surface area contributed by atoms with E-state index < -0.39 is 0 Å². The van der Waals surface area contributed by atoms with Gasteiger partial charge in [-0.2, -0.15) is 0 Å². The Bertz CT molecular complexity index is 672. The maximum Gasteiger partial charge on any atom is 0.251 e. The van der Waals surface area contributed by atoms with Gasteiger partial charge in [-0.15, -0.1) is 0 Å². The van der Waals surface area contributed by atoms with E-state index in [9.17, 15) is 9.59 Å². The summed E-state index contributed by atoms with van der Waals surface area (Å²) in [4.78, 5) is 23.9. The van der Waals surface area contributed by atoms with Crippen LogP contribution in [0.5, 0.6) is 0 Å². The van der Waals surface area contributed by atoms with Gasteiger partial charge in [0.2, 0.25) is 0 Å². The Hall–Kier alpha value is -2.70. The van der Waals surface area contributed by atoms with E-state index in [1.807, 2.05) is 30.3 Å². The van der Waals surface area contributed by atoms with Crippen LogP contribution in [-0.4, -0.2) is 43.3 Å². The molecule has 0 saturated carbocycles. The quantitative estimate of drug-likeness (QED) is 0.601. The predicted molar refractivity (Wildman–Crippen MR) is 94.3 cm³/mol. The topological polar surface area (TPSA) is 87.7 Å². The van der Waals surface area contributed by atoms with Crippen LogP contribution in [0.1, 0.15) is 26.3 Å². The molecule has 2 aromatic carbocycles. The highest BCUT2D eigenvalue weighted by Gasteiger charge is 2.06. The van der Waals surface area contributed by atoms with Crippen molar-refractivity contribution in [3.05, 3.63) is 71.3 Å². The van der Waals surface area contributed by atoms with E-state index in [0.717, 1.165) is 5.56 Å². The first-order valence-electron chi connectivity index (χ1n) is 8.09. The molecule has 6 nitrogen and oxygen atoms in total. The smallest absolute Gasteiger partial charge is 0.251 e. The van der Waals surface area contributed by atoms with Crippen LogP contribution in [0.15, 0.2) is 54.6 Å². The van der Waals surface area contributed by atoms with Gasteiger partial charge in [-0.1, -0.05) is 30.3 Å². The summed E-state index contributed by atoms with van der Waals surface area (Å²) in [6.07, 6.45) is 0. The summed E-state index contributed by atoms with van der Waals surface area (Å²) in [7, 11) is 0. The Labute approximate surface area is 146 Å². The van der Waals surface area contributed by atoms with Gasteiger partial charge in [0.05, 0.1) is 19.8 Å². The predicted octanol–water partition coefficient (Wildman–Crippen LogP) is 1.36. The van der Waals surface area contributed by atoms with Gasteiger partial charge < -0.3 is 20.5 Å². The number of nitrogens with one attached hydrogen (secondary N) is 2. The molecule has 2 rings (SSSR count). The van der Waals surface area contributed by atoms with Gasteiger partial charge in [0.1, 0.15) is 0 Å². The van der Waals surface area contributed by atoms with Gasteiger partial charge in [-0.3, -0.25) is 9.59 Å². The Morgan fingerprint density at radius 2 is 1.48 bits per heavy atom. The summed E-state index contributed by atoms with van der Waals surface area (Å²) in [6.45, 7) is 1.36.